The molecule has 0 saturated carbocycles. The fraction of sp³-hybridized carbons (Fsp3) is 0.222. The highest BCUT2D eigenvalue weighted by Crippen LogP contribution is 2.24. The number of hydrogen-bond donors (Lipinski definition) is 2. The first-order valence-corrected chi connectivity index (χ1v) is 9.88. The molecule has 1 aromatic heterocycles. The Labute approximate surface area is 151 Å². The predicted octanol–water partition coefficient (Wildman–Crippen LogP) is 2.88. The van der Waals surface area contributed by atoms with Crippen LogP contribution >= 0.6 is 0 Å². The van der Waals surface area contributed by atoms with E-state index in [1.807, 2.05) is 0 Å². The van der Waals surface area contributed by atoms with Gasteiger partial charge in [0.25, 0.3) is 10.0 Å². The van der Waals surface area contributed by atoms with E-state index in [2.05, 4.69) is 14.9 Å². The molecular weight excluding hydrogens is 352 g/mol. The Bertz CT molecular complexity index is 1060. The number of sulfonamides is 1. The van der Waals surface area contributed by atoms with E-state index in [1.165, 1.54) is 12.1 Å². The first-order chi connectivity index (χ1) is 12.5. The predicted molar refractivity (Wildman–Crippen MR) is 99.5 cm³/mol. The molecule has 26 heavy (non-hydrogen) atoms. The lowest BCUT2D eigenvalue weighted by atomic mass is 10.1. The normalized spacial score (nSPS) is 15.4. The van der Waals surface area contributed by atoms with E-state index in [4.69, 9.17) is 0 Å². The first-order valence-electron chi connectivity index (χ1n) is 8.39. The fourth-order valence-corrected chi connectivity index (χ4v) is 4.15. The van der Waals surface area contributed by atoms with Gasteiger partial charge < -0.3 is 4.90 Å². The van der Waals surface area contributed by atoms with Crippen molar-refractivity contribution < 1.29 is 13.2 Å². The molecule has 1 fully saturated rings. The van der Waals surface area contributed by atoms with Gasteiger partial charge in [0.2, 0.25) is 5.91 Å². The molecule has 134 valence electrons. The van der Waals surface area contributed by atoms with Gasteiger partial charge in [-0.25, -0.2) is 8.42 Å². The van der Waals surface area contributed by atoms with Crippen LogP contribution in [0.4, 0.5) is 11.4 Å². The van der Waals surface area contributed by atoms with Crippen LogP contribution in [0.25, 0.3) is 10.9 Å². The number of aromatic amines is 1. The maximum absolute atomic E-state index is 12.6. The number of hydrogen-bond acceptors (Lipinski definition) is 4. The monoisotopic (exact) mass is 370 g/mol. The van der Waals surface area contributed by atoms with Crippen LogP contribution in [0.5, 0.6) is 0 Å². The lowest BCUT2D eigenvalue weighted by Gasteiger charge is -2.26. The van der Waals surface area contributed by atoms with E-state index in [-0.39, 0.29) is 10.8 Å². The summed E-state index contributed by atoms with van der Waals surface area (Å²) in [5.41, 5.74) is 1.94. The number of anilines is 2. The van der Waals surface area contributed by atoms with Crippen LogP contribution in [0, 0.1) is 0 Å². The van der Waals surface area contributed by atoms with Gasteiger partial charge in [0.1, 0.15) is 0 Å². The van der Waals surface area contributed by atoms with E-state index in [0.717, 1.165) is 29.4 Å². The summed E-state index contributed by atoms with van der Waals surface area (Å²) in [5, 5.41) is 7.64. The van der Waals surface area contributed by atoms with Crippen molar-refractivity contribution in [1.29, 1.82) is 0 Å². The zero-order valence-corrected chi connectivity index (χ0v) is 14.8. The average Bonchev–Trinajstić information content (AvgIpc) is 3.10. The highest BCUT2D eigenvalue weighted by Gasteiger charge is 2.21. The van der Waals surface area contributed by atoms with E-state index >= 15 is 0 Å². The zero-order valence-electron chi connectivity index (χ0n) is 14.0. The lowest BCUT2D eigenvalue weighted by molar-refractivity contribution is -0.119. The molecule has 0 atom stereocenters. The number of nitrogens with one attached hydrogen (secondary N) is 2. The Kier molecular flexibility index (Phi) is 4.12. The Morgan fingerprint density at radius 3 is 2.65 bits per heavy atom. The summed E-state index contributed by atoms with van der Waals surface area (Å²) in [6, 6.07) is 11.6. The van der Waals surface area contributed by atoms with Crippen molar-refractivity contribution in [3.63, 3.8) is 0 Å². The third kappa shape index (κ3) is 3.15. The van der Waals surface area contributed by atoms with Crippen molar-refractivity contribution in [2.45, 2.75) is 24.2 Å². The standard InChI is InChI=1S/C18H18N4O3S/c23-18-3-1-2-10-22(18)15-6-8-16(9-7-15)26(24,25)21-14-5-4-13-12-19-20-17(13)11-14/h4-9,11-12,21H,1-3,10H2,(H,19,20). The molecule has 8 heteroatoms. The smallest absolute Gasteiger partial charge is 0.261 e. The third-order valence-corrected chi connectivity index (χ3v) is 5.87. The maximum atomic E-state index is 12.6. The number of fused-ring (bicyclic) bond motifs is 1. The molecule has 2 N–H and O–H groups in total. The van der Waals surface area contributed by atoms with E-state index in [0.29, 0.717) is 18.7 Å². The van der Waals surface area contributed by atoms with Crippen molar-refractivity contribution in [3.05, 3.63) is 48.7 Å². The summed E-state index contributed by atoms with van der Waals surface area (Å²) >= 11 is 0. The molecule has 4 rings (SSSR count). The van der Waals surface area contributed by atoms with Crippen LogP contribution in [0.3, 0.4) is 0 Å². The number of piperidine rings is 1. The van der Waals surface area contributed by atoms with Gasteiger partial charge in [-0.3, -0.25) is 14.6 Å². The number of carbonyl (C=O) groups excluding carboxylic acids is 1. The van der Waals surface area contributed by atoms with Gasteiger partial charge in [0.05, 0.1) is 22.3 Å². The molecule has 0 unspecified atom stereocenters. The van der Waals surface area contributed by atoms with E-state index < -0.39 is 10.0 Å². The quantitative estimate of drug-likeness (QED) is 0.738. The Hall–Kier alpha value is -2.87. The number of carbonyl (C=O) groups is 1. The molecule has 0 bridgehead atoms. The zero-order chi connectivity index (χ0) is 18.1. The molecule has 2 aromatic carbocycles. The van der Waals surface area contributed by atoms with Crippen LogP contribution < -0.4 is 9.62 Å². The molecule has 1 aliphatic rings. The van der Waals surface area contributed by atoms with Gasteiger partial charge in [-0.2, -0.15) is 5.10 Å². The fourth-order valence-electron chi connectivity index (χ4n) is 3.10. The van der Waals surface area contributed by atoms with Gasteiger partial charge >= 0.3 is 0 Å². The van der Waals surface area contributed by atoms with Gasteiger partial charge in [0.15, 0.2) is 0 Å². The van der Waals surface area contributed by atoms with Crippen LogP contribution in [0.15, 0.2) is 53.6 Å². The molecule has 1 saturated heterocycles. The second-order valence-electron chi connectivity index (χ2n) is 6.27. The molecule has 0 aliphatic carbocycles. The number of nitrogens with zero attached hydrogens (tertiary/aromatic N) is 2. The second kappa shape index (κ2) is 6.45. The number of aromatic nitrogens is 2. The molecule has 7 nitrogen and oxygen atoms in total. The Morgan fingerprint density at radius 2 is 1.88 bits per heavy atom. The van der Waals surface area contributed by atoms with Gasteiger partial charge in [-0.15, -0.1) is 0 Å². The molecule has 2 heterocycles. The van der Waals surface area contributed by atoms with Gasteiger partial charge in [-0.05, 0) is 55.3 Å². The SMILES string of the molecule is O=C1CCCCN1c1ccc(S(=O)(=O)Nc2ccc3cn[nH]c3c2)cc1. The van der Waals surface area contributed by atoms with Crippen molar-refractivity contribution in [3.8, 4) is 0 Å². The highest BCUT2D eigenvalue weighted by molar-refractivity contribution is 7.92. The van der Waals surface area contributed by atoms with E-state index in [1.54, 1.807) is 41.4 Å². The summed E-state index contributed by atoms with van der Waals surface area (Å²) in [7, 11) is -3.71. The first kappa shape index (κ1) is 16.6. The van der Waals surface area contributed by atoms with Gasteiger partial charge in [0, 0.05) is 24.0 Å². The number of rotatable bonds is 4. The summed E-state index contributed by atoms with van der Waals surface area (Å²) < 4.78 is 27.8. The molecule has 3 aromatic rings. The number of benzene rings is 2. The minimum absolute atomic E-state index is 0.0813. The minimum atomic E-state index is -3.71. The van der Waals surface area contributed by atoms with Crippen molar-refractivity contribution >= 4 is 38.2 Å². The summed E-state index contributed by atoms with van der Waals surface area (Å²) in [6.07, 6.45) is 4.09. The number of amides is 1. The van der Waals surface area contributed by atoms with Crippen LogP contribution in [0.1, 0.15) is 19.3 Å². The summed E-state index contributed by atoms with van der Waals surface area (Å²) in [4.78, 5) is 13.8. The van der Waals surface area contributed by atoms with Crippen molar-refractivity contribution in [1.82, 2.24) is 10.2 Å². The number of H-pyrrole nitrogens is 1. The average molecular weight is 370 g/mol. The largest absolute Gasteiger partial charge is 0.312 e. The molecule has 0 radical (unpaired) electrons. The molecule has 1 amide bonds. The van der Waals surface area contributed by atoms with E-state index in [9.17, 15) is 13.2 Å². The van der Waals surface area contributed by atoms with Crippen molar-refractivity contribution in [2.75, 3.05) is 16.2 Å². The lowest BCUT2D eigenvalue weighted by Crippen LogP contribution is -2.35. The van der Waals surface area contributed by atoms with Crippen molar-refractivity contribution in [2.24, 2.45) is 0 Å². The molecule has 1 aliphatic heterocycles. The topological polar surface area (TPSA) is 95.2 Å². The Morgan fingerprint density at radius 1 is 1.08 bits per heavy atom. The maximum Gasteiger partial charge on any atom is 0.261 e. The van der Waals surface area contributed by atoms with Crippen LogP contribution in [-0.4, -0.2) is 31.1 Å². The molecular formula is C18H18N4O3S. The minimum Gasteiger partial charge on any atom is -0.312 e. The van der Waals surface area contributed by atoms with Crippen LogP contribution in [-0.2, 0) is 14.8 Å². The third-order valence-electron chi connectivity index (χ3n) is 4.48. The van der Waals surface area contributed by atoms with Crippen LogP contribution in [0.2, 0.25) is 0 Å². The molecule has 0 spiro atoms. The second-order valence-corrected chi connectivity index (χ2v) is 7.96. The highest BCUT2D eigenvalue weighted by atomic mass is 32.2. The summed E-state index contributed by atoms with van der Waals surface area (Å²) in [5.74, 6) is 0.0813. The summed E-state index contributed by atoms with van der Waals surface area (Å²) in [6.45, 7) is 0.674. The Balaban J connectivity index is 1.56. The van der Waals surface area contributed by atoms with Gasteiger partial charge in [-0.1, -0.05) is 0 Å².